The molecule has 0 spiro atoms. The van der Waals surface area contributed by atoms with E-state index in [4.69, 9.17) is 0 Å². The van der Waals surface area contributed by atoms with E-state index in [1.807, 2.05) is 4.90 Å². The average molecular weight is 255 g/mol. The minimum atomic E-state index is 0.201. The molecule has 0 aromatic carbocycles. The van der Waals surface area contributed by atoms with Crippen molar-refractivity contribution in [2.75, 3.05) is 46.4 Å². The summed E-state index contributed by atoms with van der Waals surface area (Å²) in [5, 5.41) is 12.6. The molecule has 1 saturated heterocycles. The van der Waals surface area contributed by atoms with Gasteiger partial charge in [0, 0.05) is 38.8 Å². The Hall–Kier alpha value is -0.650. The third-order valence-corrected chi connectivity index (χ3v) is 4.27. The SMILES string of the molecule is CN1CCN(C(=O)CNC2CCCC2CO)CC1. The van der Waals surface area contributed by atoms with Gasteiger partial charge in [0.2, 0.25) is 5.91 Å². The van der Waals surface area contributed by atoms with Crippen molar-refractivity contribution in [3.63, 3.8) is 0 Å². The van der Waals surface area contributed by atoms with E-state index in [0.717, 1.165) is 45.4 Å². The first-order valence-electron chi connectivity index (χ1n) is 7.01. The van der Waals surface area contributed by atoms with E-state index in [1.54, 1.807) is 0 Å². The lowest BCUT2D eigenvalue weighted by atomic mass is 10.1. The van der Waals surface area contributed by atoms with Gasteiger partial charge in [-0.15, -0.1) is 0 Å². The van der Waals surface area contributed by atoms with Gasteiger partial charge in [0.25, 0.3) is 0 Å². The molecule has 2 aliphatic rings. The van der Waals surface area contributed by atoms with Crippen LogP contribution in [0.25, 0.3) is 0 Å². The van der Waals surface area contributed by atoms with E-state index in [2.05, 4.69) is 17.3 Å². The molecule has 1 heterocycles. The van der Waals surface area contributed by atoms with Crippen molar-refractivity contribution in [3.05, 3.63) is 0 Å². The average Bonchev–Trinajstić information content (AvgIpc) is 2.84. The fourth-order valence-corrected chi connectivity index (χ4v) is 2.91. The summed E-state index contributed by atoms with van der Waals surface area (Å²) in [5.74, 6) is 0.539. The Morgan fingerprint density at radius 3 is 2.67 bits per heavy atom. The van der Waals surface area contributed by atoms with Crippen molar-refractivity contribution in [2.24, 2.45) is 5.92 Å². The van der Waals surface area contributed by atoms with Crippen LogP contribution in [-0.4, -0.2) is 73.2 Å². The number of hydrogen-bond donors (Lipinski definition) is 2. The van der Waals surface area contributed by atoms with Crippen molar-refractivity contribution in [2.45, 2.75) is 25.3 Å². The first-order valence-corrected chi connectivity index (χ1v) is 7.01. The first kappa shape index (κ1) is 13.8. The van der Waals surface area contributed by atoms with Gasteiger partial charge in [-0.2, -0.15) is 0 Å². The number of nitrogens with one attached hydrogen (secondary N) is 1. The summed E-state index contributed by atoms with van der Waals surface area (Å²) >= 11 is 0. The zero-order chi connectivity index (χ0) is 13.0. The van der Waals surface area contributed by atoms with Gasteiger partial charge < -0.3 is 20.2 Å². The summed E-state index contributed by atoms with van der Waals surface area (Å²) in [4.78, 5) is 16.2. The van der Waals surface area contributed by atoms with Gasteiger partial charge >= 0.3 is 0 Å². The molecule has 1 aliphatic heterocycles. The first-order chi connectivity index (χ1) is 8.70. The van der Waals surface area contributed by atoms with Gasteiger partial charge in [0.1, 0.15) is 0 Å². The molecule has 2 N–H and O–H groups in total. The van der Waals surface area contributed by atoms with Crippen LogP contribution < -0.4 is 5.32 Å². The van der Waals surface area contributed by atoms with Crippen LogP contribution in [-0.2, 0) is 4.79 Å². The minimum absolute atomic E-state index is 0.201. The normalized spacial score (nSPS) is 29.8. The zero-order valence-electron chi connectivity index (χ0n) is 11.3. The van der Waals surface area contributed by atoms with Gasteiger partial charge in [-0.3, -0.25) is 4.79 Å². The second-order valence-corrected chi connectivity index (χ2v) is 5.55. The van der Waals surface area contributed by atoms with Crippen molar-refractivity contribution < 1.29 is 9.90 Å². The Bertz CT molecular complexity index is 277. The Kier molecular flexibility index (Phi) is 4.97. The Morgan fingerprint density at radius 2 is 2.00 bits per heavy atom. The van der Waals surface area contributed by atoms with Crippen molar-refractivity contribution in [1.29, 1.82) is 0 Å². The summed E-state index contributed by atoms with van der Waals surface area (Å²) in [6, 6.07) is 0.325. The molecule has 0 radical (unpaired) electrons. The molecule has 18 heavy (non-hydrogen) atoms. The van der Waals surface area contributed by atoms with Gasteiger partial charge in [-0.25, -0.2) is 0 Å². The van der Waals surface area contributed by atoms with E-state index in [0.29, 0.717) is 18.5 Å². The summed E-state index contributed by atoms with van der Waals surface area (Å²) in [5.41, 5.74) is 0. The molecule has 5 nitrogen and oxygen atoms in total. The molecule has 1 saturated carbocycles. The van der Waals surface area contributed by atoms with Crippen molar-refractivity contribution in [3.8, 4) is 0 Å². The minimum Gasteiger partial charge on any atom is -0.396 e. The maximum absolute atomic E-state index is 12.0. The molecule has 0 bridgehead atoms. The number of carbonyl (C=O) groups is 1. The highest BCUT2D eigenvalue weighted by atomic mass is 16.3. The van der Waals surface area contributed by atoms with Crippen LogP contribution in [0.3, 0.4) is 0 Å². The Balaban J connectivity index is 1.71. The smallest absolute Gasteiger partial charge is 0.236 e. The number of piperazine rings is 1. The van der Waals surface area contributed by atoms with Gasteiger partial charge in [-0.1, -0.05) is 6.42 Å². The monoisotopic (exact) mass is 255 g/mol. The molecule has 5 heteroatoms. The maximum Gasteiger partial charge on any atom is 0.236 e. The highest BCUT2D eigenvalue weighted by Gasteiger charge is 2.27. The fraction of sp³-hybridized carbons (Fsp3) is 0.923. The summed E-state index contributed by atoms with van der Waals surface area (Å²) < 4.78 is 0. The lowest BCUT2D eigenvalue weighted by Crippen LogP contribution is -2.50. The highest BCUT2D eigenvalue weighted by molar-refractivity contribution is 5.78. The molecule has 104 valence electrons. The Morgan fingerprint density at radius 1 is 1.28 bits per heavy atom. The predicted octanol–water partition coefficient (Wildman–Crippen LogP) is -0.489. The van der Waals surface area contributed by atoms with Crippen LogP contribution in [0, 0.1) is 5.92 Å². The number of rotatable bonds is 4. The van der Waals surface area contributed by atoms with Crippen LogP contribution in [0.2, 0.25) is 0 Å². The summed E-state index contributed by atoms with van der Waals surface area (Å²) in [6.07, 6.45) is 3.32. The van der Waals surface area contributed by atoms with E-state index in [1.165, 1.54) is 0 Å². The lowest BCUT2D eigenvalue weighted by molar-refractivity contribution is -0.132. The lowest BCUT2D eigenvalue weighted by Gasteiger charge is -2.33. The molecule has 2 unspecified atom stereocenters. The van der Waals surface area contributed by atoms with E-state index in [9.17, 15) is 9.90 Å². The second-order valence-electron chi connectivity index (χ2n) is 5.55. The van der Waals surface area contributed by atoms with Gasteiger partial charge in [-0.05, 0) is 25.8 Å². The molecule has 2 atom stereocenters. The Labute approximate surface area is 109 Å². The summed E-state index contributed by atoms with van der Waals surface area (Å²) in [6.45, 7) is 4.27. The second kappa shape index (κ2) is 6.50. The third-order valence-electron chi connectivity index (χ3n) is 4.27. The molecular weight excluding hydrogens is 230 g/mol. The van der Waals surface area contributed by atoms with Crippen LogP contribution in [0.1, 0.15) is 19.3 Å². The molecular formula is C13H25N3O2. The summed E-state index contributed by atoms with van der Waals surface area (Å²) in [7, 11) is 2.09. The predicted molar refractivity (Wildman–Crippen MR) is 70.3 cm³/mol. The number of nitrogens with zero attached hydrogens (tertiary/aromatic N) is 2. The molecule has 1 amide bonds. The van der Waals surface area contributed by atoms with Crippen LogP contribution in [0.15, 0.2) is 0 Å². The van der Waals surface area contributed by atoms with E-state index in [-0.39, 0.29) is 12.5 Å². The largest absolute Gasteiger partial charge is 0.396 e. The van der Waals surface area contributed by atoms with Crippen LogP contribution >= 0.6 is 0 Å². The molecule has 0 aromatic heterocycles. The van der Waals surface area contributed by atoms with Crippen molar-refractivity contribution >= 4 is 5.91 Å². The van der Waals surface area contributed by atoms with Gasteiger partial charge in [0.05, 0.1) is 6.54 Å². The standard InChI is InChI=1S/C13H25N3O2/c1-15-5-7-16(8-6-15)13(18)9-14-12-4-2-3-11(12)10-17/h11-12,14,17H,2-10H2,1H3. The quantitative estimate of drug-likeness (QED) is 0.712. The number of likely N-dealkylation sites (N-methyl/N-ethyl adjacent to an activating group) is 1. The van der Waals surface area contributed by atoms with E-state index >= 15 is 0 Å². The fourth-order valence-electron chi connectivity index (χ4n) is 2.91. The molecule has 2 rings (SSSR count). The third kappa shape index (κ3) is 3.43. The number of amides is 1. The number of hydrogen-bond acceptors (Lipinski definition) is 4. The highest BCUT2D eigenvalue weighted by Crippen LogP contribution is 2.24. The van der Waals surface area contributed by atoms with Crippen molar-refractivity contribution in [1.82, 2.24) is 15.1 Å². The number of carbonyl (C=O) groups excluding carboxylic acids is 1. The number of aliphatic hydroxyl groups excluding tert-OH is 1. The van der Waals surface area contributed by atoms with Gasteiger partial charge in [0.15, 0.2) is 0 Å². The molecule has 1 aliphatic carbocycles. The zero-order valence-corrected chi connectivity index (χ0v) is 11.3. The van der Waals surface area contributed by atoms with Crippen LogP contribution in [0.4, 0.5) is 0 Å². The molecule has 0 aromatic rings. The topological polar surface area (TPSA) is 55.8 Å². The number of aliphatic hydroxyl groups is 1. The maximum atomic E-state index is 12.0. The van der Waals surface area contributed by atoms with Crippen LogP contribution in [0.5, 0.6) is 0 Å². The molecule has 2 fully saturated rings. The van der Waals surface area contributed by atoms with E-state index < -0.39 is 0 Å².